The van der Waals surface area contributed by atoms with Gasteiger partial charge < -0.3 is 5.11 Å². The Balaban J connectivity index is 1.56. The second-order valence-electron chi connectivity index (χ2n) is 10.6. The van der Waals surface area contributed by atoms with E-state index in [9.17, 15) is 9.90 Å². The SMILES string of the molecule is C=C1CC(/C=C\C(=C/C)C2CCC(=C)C(CCCO)CC2)=NC(c2ccc3c(c2)C=C=C(C)C=C3)=CC1=O. The number of fused-ring (bicyclic) bond motifs is 1. The van der Waals surface area contributed by atoms with Crippen molar-refractivity contribution in [2.24, 2.45) is 16.8 Å². The molecule has 2 atom stereocenters. The van der Waals surface area contributed by atoms with Crippen molar-refractivity contribution < 1.29 is 9.90 Å². The number of allylic oxidation sites excluding steroid dienone is 9. The first-order valence-corrected chi connectivity index (χ1v) is 13.8. The molecule has 38 heavy (non-hydrogen) atoms. The lowest BCUT2D eigenvalue weighted by Gasteiger charge is -2.17. The molecule has 196 valence electrons. The van der Waals surface area contributed by atoms with Crippen LogP contribution >= 0.6 is 0 Å². The van der Waals surface area contributed by atoms with E-state index in [-0.39, 0.29) is 12.4 Å². The van der Waals surface area contributed by atoms with Gasteiger partial charge in [0.05, 0.1) is 5.70 Å². The van der Waals surface area contributed by atoms with Crippen molar-refractivity contribution in [2.45, 2.75) is 58.8 Å². The zero-order chi connectivity index (χ0) is 27.1. The first kappa shape index (κ1) is 27.5. The summed E-state index contributed by atoms with van der Waals surface area (Å²) in [6.07, 6.45) is 20.9. The van der Waals surface area contributed by atoms with Crippen molar-refractivity contribution in [1.82, 2.24) is 0 Å². The zero-order valence-electron chi connectivity index (χ0n) is 22.8. The Labute approximate surface area is 227 Å². The van der Waals surface area contributed by atoms with Crippen LogP contribution in [0.3, 0.4) is 0 Å². The molecule has 3 nitrogen and oxygen atoms in total. The fourth-order valence-electron chi connectivity index (χ4n) is 5.46. The van der Waals surface area contributed by atoms with Crippen LogP contribution in [0.2, 0.25) is 0 Å². The van der Waals surface area contributed by atoms with Crippen LogP contribution in [0, 0.1) is 11.8 Å². The molecule has 0 spiro atoms. The molecule has 0 radical (unpaired) electrons. The van der Waals surface area contributed by atoms with E-state index in [0.717, 1.165) is 66.5 Å². The van der Waals surface area contributed by atoms with E-state index in [0.29, 0.717) is 29.5 Å². The van der Waals surface area contributed by atoms with Gasteiger partial charge >= 0.3 is 0 Å². The summed E-state index contributed by atoms with van der Waals surface area (Å²) in [5, 5.41) is 9.25. The summed E-state index contributed by atoms with van der Waals surface area (Å²) in [4.78, 5) is 17.8. The Kier molecular flexibility index (Phi) is 9.29. The number of rotatable bonds is 7. The average Bonchev–Trinajstić information content (AvgIpc) is 3.28. The third-order valence-corrected chi connectivity index (χ3v) is 7.86. The third-order valence-electron chi connectivity index (χ3n) is 7.86. The average molecular weight is 506 g/mol. The summed E-state index contributed by atoms with van der Waals surface area (Å²) in [5.74, 6) is 0.906. The molecule has 0 bridgehead atoms. The molecule has 1 heterocycles. The Morgan fingerprint density at radius 3 is 2.82 bits per heavy atom. The van der Waals surface area contributed by atoms with Crippen molar-refractivity contribution in [3.63, 3.8) is 0 Å². The second-order valence-corrected chi connectivity index (χ2v) is 10.6. The molecule has 2 unspecified atom stereocenters. The van der Waals surface area contributed by atoms with Crippen LogP contribution in [-0.4, -0.2) is 23.2 Å². The minimum absolute atomic E-state index is 0.0734. The number of carbonyl (C=O) groups excluding carboxylic acids is 1. The first-order chi connectivity index (χ1) is 18.4. The number of aliphatic hydroxyl groups excluding tert-OH is 1. The topological polar surface area (TPSA) is 49.7 Å². The van der Waals surface area contributed by atoms with E-state index in [1.807, 2.05) is 19.1 Å². The van der Waals surface area contributed by atoms with E-state index in [2.05, 4.69) is 68.3 Å². The Bertz CT molecular complexity index is 1340. The van der Waals surface area contributed by atoms with Gasteiger partial charge in [-0.25, -0.2) is 0 Å². The van der Waals surface area contributed by atoms with Gasteiger partial charge in [-0.05, 0) is 110 Å². The standard InChI is InChI=1S/C35H39NO2/c1-5-27(29-13-10-25(3)28(14-15-29)7-6-20-37)18-19-33-21-26(4)35(38)23-34(36-33)32-17-16-30-11-8-24(2)9-12-31(30)22-32/h5,8,11-12,16-19,22-23,28-29,37H,3-4,6-7,10,13-15,20-21H2,1-2H3/b19-18-,27-5+. The first-order valence-electron chi connectivity index (χ1n) is 13.8. The van der Waals surface area contributed by atoms with Gasteiger partial charge in [0.25, 0.3) is 0 Å². The lowest BCUT2D eigenvalue weighted by atomic mass is 9.89. The molecule has 1 aromatic rings. The van der Waals surface area contributed by atoms with Crippen LogP contribution < -0.4 is 0 Å². The number of aliphatic hydroxyl groups is 1. The smallest absolute Gasteiger partial charge is 0.183 e. The maximum absolute atomic E-state index is 12.8. The molecule has 3 aliphatic rings. The highest BCUT2D eigenvalue weighted by Crippen LogP contribution is 2.36. The summed E-state index contributed by atoms with van der Waals surface area (Å²) in [5.41, 5.74) is 12.1. The van der Waals surface area contributed by atoms with E-state index in [1.165, 1.54) is 11.1 Å². The van der Waals surface area contributed by atoms with Gasteiger partial charge in [-0.1, -0.05) is 55.2 Å². The largest absolute Gasteiger partial charge is 0.396 e. The fraction of sp³-hybridized carbons (Fsp3) is 0.343. The molecule has 2 aliphatic carbocycles. The highest BCUT2D eigenvalue weighted by molar-refractivity contribution is 6.15. The number of ketones is 1. The quantitative estimate of drug-likeness (QED) is 0.133. The number of nitrogens with zero attached hydrogens (tertiary/aromatic N) is 1. The predicted octanol–water partition coefficient (Wildman–Crippen LogP) is 8.22. The van der Waals surface area contributed by atoms with E-state index >= 15 is 0 Å². The summed E-state index contributed by atoms with van der Waals surface area (Å²) < 4.78 is 0. The molecule has 1 saturated carbocycles. The molecule has 0 aromatic heterocycles. The third kappa shape index (κ3) is 6.86. The highest BCUT2D eigenvalue weighted by atomic mass is 16.2. The van der Waals surface area contributed by atoms with Gasteiger partial charge in [-0.15, -0.1) is 5.73 Å². The summed E-state index contributed by atoms with van der Waals surface area (Å²) >= 11 is 0. The Hall–Kier alpha value is -3.52. The van der Waals surface area contributed by atoms with Crippen molar-refractivity contribution >= 4 is 29.3 Å². The highest BCUT2D eigenvalue weighted by Gasteiger charge is 2.23. The Morgan fingerprint density at radius 2 is 2.03 bits per heavy atom. The van der Waals surface area contributed by atoms with Gasteiger partial charge in [0, 0.05) is 30.4 Å². The number of benzene rings is 1. The molecule has 4 rings (SSSR count). The summed E-state index contributed by atoms with van der Waals surface area (Å²) in [6, 6.07) is 6.17. The van der Waals surface area contributed by atoms with Crippen LogP contribution in [-0.2, 0) is 4.79 Å². The number of hydrogen-bond donors (Lipinski definition) is 1. The van der Waals surface area contributed by atoms with E-state index < -0.39 is 0 Å². The molecule has 1 fully saturated rings. The lowest BCUT2D eigenvalue weighted by molar-refractivity contribution is -0.111. The van der Waals surface area contributed by atoms with Crippen LogP contribution in [0.1, 0.15) is 75.5 Å². The van der Waals surface area contributed by atoms with Crippen LogP contribution in [0.5, 0.6) is 0 Å². The summed E-state index contributed by atoms with van der Waals surface area (Å²) in [6.45, 7) is 12.8. The molecule has 3 heteroatoms. The molecule has 0 amide bonds. The molecular formula is C35H39NO2. The minimum atomic E-state index is -0.0734. The molecule has 1 aromatic carbocycles. The number of hydrogen-bond acceptors (Lipinski definition) is 3. The van der Waals surface area contributed by atoms with Gasteiger partial charge in [-0.2, -0.15) is 0 Å². The van der Waals surface area contributed by atoms with Gasteiger partial charge in [-0.3, -0.25) is 9.79 Å². The maximum atomic E-state index is 12.8. The number of carbonyl (C=O) groups is 1. The molecule has 1 N–H and O–H groups in total. The lowest BCUT2D eigenvalue weighted by Crippen LogP contribution is -2.05. The monoisotopic (exact) mass is 505 g/mol. The van der Waals surface area contributed by atoms with Crippen molar-refractivity contribution in [3.05, 3.63) is 106 Å². The molecule has 1 aliphatic heterocycles. The van der Waals surface area contributed by atoms with Crippen molar-refractivity contribution in [2.75, 3.05) is 6.61 Å². The zero-order valence-corrected chi connectivity index (χ0v) is 22.8. The van der Waals surface area contributed by atoms with Crippen molar-refractivity contribution in [1.29, 1.82) is 0 Å². The molecule has 0 saturated heterocycles. The minimum Gasteiger partial charge on any atom is -0.396 e. The van der Waals surface area contributed by atoms with E-state index in [4.69, 9.17) is 4.99 Å². The molecular weight excluding hydrogens is 466 g/mol. The fourth-order valence-corrected chi connectivity index (χ4v) is 5.46. The Morgan fingerprint density at radius 1 is 1.18 bits per heavy atom. The van der Waals surface area contributed by atoms with Gasteiger partial charge in [0.15, 0.2) is 5.78 Å². The predicted molar refractivity (Wildman–Crippen MR) is 161 cm³/mol. The second kappa shape index (κ2) is 12.8. The van der Waals surface area contributed by atoms with Crippen LogP contribution in [0.25, 0.3) is 17.8 Å². The van der Waals surface area contributed by atoms with Crippen LogP contribution in [0.15, 0.2) is 94.8 Å². The normalized spacial score (nSPS) is 22.4. The number of aliphatic imine (C=N–C) groups is 1. The van der Waals surface area contributed by atoms with Crippen molar-refractivity contribution in [3.8, 4) is 0 Å². The van der Waals surface area contributed by atoms with E-state index in [1.54, 1.807) is 6.08 Å². The van der Waals surface area contributed by atoms with Gasteiger partial charge in [0.2, 0.25) is 0 Å². The van der Waals surface area contributed by atoms with Crippen LogP contribution in [0.4, 0.5) is 0 Å². The van der Waals surface area contributed by atoms with Gasteiger partial charge in [0.1, 0.15) is 0 Å². The summed E-state index contributed by atoms with van der Waals surface area (Å²) in [7, 11) is 0. The maximum Gasteiger partial charge on any atom is 0.183 e.